The number of nitrogens with zero attached hydrogens (tertiary/aromatic N) is 3. The molecule has 1 saturated heterocycles. The van der Waals surface area contributed by atoms with Gasteiger partial charge in [-0.3, -0.25) is 19.5 Å². The van der Waals surface area contributed by atoms with E-state index in [0.29, 0.717) is 5.13 Å². The lowest BCUT2D eigenvalue weighted by Crippen LogP contribution is -2.37. The first-order valence-corrected chi connectivity index (χ1v) is 10.5. The van der Waals surface area contributed by atoms with E-state index >= 15 is 0 Å². The molecule has 8 heteroatoms. The van der Waals surface area contributed by atoms with Crippen LogP contribution in [-0.2, 0) is 16.1 Å². The minimum atomic E-state index is -0.111. The molecule has 4 rings (SSSR count). The maximum atomic E-state index is 12.7. The number of benzene rings is 1. The molecule has 3 heterocycles. The number of pyridine rings is 1. The maximum Gasteiger partial charge on any atom is 0.227 e. The van der Waals surface area contributed by atoms with Crippen LogP contribution in [0.2, 0.25) is 0 Å². The van der Waals surface area contributed by atoms with Crippen molar-refractivity contribution in [2.75, 3.05) is 23.7 Å². The number of nitrogens with one attached hydrogen (secondary N) is 2. The Morgan fingerprint density at radius 2 is 2.00 bits per heavy atom. The Bertz CT molecular complexity index is 1030. The molecule has 2 amide bonds. The molecule has 0 bridgehead atoms. The van der Waals surface area contributed by atoms with Gasteiger partial charge in [0.15, 0.2) is 5.13 Å². The summed E-state index contributed by atoms with van der Waals surface area (Å²) in [5, 5.41) is 7.42. The molecule has 0 unspecified atom stereocenters. The maximum absolute atomic E-state index is 12.7. The summed E-state index contributed by atoms with van der Waals surface area (Å²) in [4.78, 5) is 35.8. The molecule has 7 nitrogen and oxygen atoms in total. The molecule has 2 aromatic heterocycles. The summed E-state index contributed by atoms with van der Waals surface area (Å²) in [6.07, 6.45) is 5.24. The average molecular weight is 410 g/mol. The van der Waals surface area contributed by atoms with Crippen molar-refractivity contribution in [1.82, 2.24) is 14.9 Å². The van der Waals surface area contributed by atoms with Gasteiger partial charge in [0.1, 0.15) is 0 Å². The van der Waals surface area contributed by atoms with Crippen LogP contribution in [0.3, 0.4) is 0 Å². The zero-order valence-electron chi connectivity index (χ0n) is 16.2. The van der Waals surface area contributed by atoms with Gasteiger partial charge in [-0.05, 0) is 50.2 Å². The minimum absolute atomic E-state index is 0.0206. The summed E-state index contributed by atoms with van der Waals surface area (Å²) < 4.78 is 0. The van der Waals surface area contributed by atoms with Gasteiger partial charge in [0.05, 0.1) is 5.52 Å². The predicted molar refractivity (Wildman–Crippen MR) is 115 cm³/mol. The van der Waals surface area contributed by atoms with Gasteiger partial charge in [0.2, 0.25) is 11.8 Å². The third-order valence-corrected chi connectivity index (χ3v) is 5.94. The van der Waals surface area contributed by atoms with Gasteiger partial charge in [-0.1, -0.05) is 6.07 Å². The highest BCUT2D eigenvalue weighted by Gasteiger charge is 2.25. The van der Waals surface area contributed by atoms with Crippen LogP contribution in [0.4, 0.5) is 10.8 Å². The van der Waals surface area contributed by atoms with Crippen LogP contribution in [0.25, 0.3) is 10.9 Å². The smallest absolute Gasteiger partial charge is 0.227 e. The number of anilines is 2. The molecule has 1 fully saturated rings. The van der Waals surface area contributed by atoms with Crippen molar-refractivity contribution in [3.8, 4) is 0 Å². The molecule has 1 aliphatic rings. The summed E-state index contributed by atoms with van der Waals surface area (Å²) in [5.74, 6) is -0.00808. The number of hydrogen-bond acceptors (Lipinski definition) is 6. The molecule has 150 valence electrons. The standard InChI is InChI=1S/C21H23N5O2S/c1-14(27)24-21-23-12-18(29-21)13-26-9-6-15(7-10-26)20(28)25-17-4-5-19-16(11-17)3-2-8-22-19/h2-5,8,11-12,15H,6-7,9-10,13H2,1H3,(H,25,28)(H,23,24,27). The van der Waals surface area contributed by atoms with E-state index in [4.69, 9.17) is 0 Å². The van der Waals surface area contributed by atoms with E-state index in [0.717, 1.165) is 53.9 Å². The molecule has 0 atom stereocenters. The molecule has 29 heavy (non-hydrogen) atoms. The quantitative estimate of drug-likeness (QED) is 0.673. The largest absolute Gasteiger partial charge is 0.326 e. The Hall–Kier alpha value is -2.84. The van der Waals surface area contributed by atoms with E-state index in [1.807, 2.05) is 36.5 Å². The van der Waals surface area contributed by atoms with E-state index < -0.39 is 0 Å². The number of amides is 2. The number of thiazole rings is 1. The molecule has 2 N–H and O–H groups in total. The van der Waals surface area contributed by atoms with E-state index in [2.05, 4.69) is 25.5 Å². The monoisotopic (exact) mass is 409 g/mol. The lowest BCUT2D eigenvalue weighted by atomic mass is 9.95. The zero-order valence-corrected chi connectivity index (χ0v) is 17.0. The van der Waals surface area contributed by atoms with Gasteiger partial charge in [-0.2, -0.15) is 0 Å². The van der Waals surface area contributed by atoms with Crippen molar-refractivity contribution in [2.24, 2.45) is 5.92 Å². The van der Waals surface area contributed by atoms with Crippen LogP contribution >= 0.6 is 11.3 Å². The fourth-order valence-electron chi connectivity index (χ4n) is 3.56. The first-order chi connectivity index (χ1) is 14.1. The third-order valence-electron chi connectivity index (χ3n) is 5.04. The van der Waals surface area contributed by atoms with Gasteiger partial charge in [-0.15, -0.1) is 11.3 Å². The summed E-state index contributed by atoms with van der Waals surface area (Å²) in [6.45, 7) is 4.01. The second kappa shape index (κ2) is 8.67. The van der Waals surface area contributed by atoms with E-state index in [9.17, 15) is 9.59 Å². The number of likely N-dealkylation sites (tertiary alicyclic amines) is 1. The minimum Gasteiger partial charge on any atom is -0.326 e. The Morgan fingerprint density at radius 1 is 1.17 bits per heavy atom. The molecule has 1 aromatic carbocycles. The molecule has 0 spiro atoms. The topological polar surface area (TPSA) is 87.2 Å². The highest BCUT2D eigenvalue weighted by atomic mass is 32.1. The highest BCUT2D eigenvalue weighted by molar-refractivity contribution is 7.15. The SMILES string of the molecule is CC(=O)Nc1ncc(CN2CCC(C(=O)Nc3ccc4ncccc4c3)CC2)s1. The Morgan fingerprint density at radius 3 is 2.79 bits per heavy atom. The number of fused-ring (bicyclic) bond motifs is 1. The lowest BCUT2D eigenvalue weighted by molar-refractivity contribution is -0.121. The normalized spacial score (nSPS) is 15.3. The first-order valence-electron chi connectivity index (χ1n) is 9.67. The Labute approximate surface area is 173 Å². The van der Waals surface area contributed by atoms with Crippen molar-refractivity contribution in [2.45, 2.75) is 26.3 Å². The van der Waals surface area contributed by atoms with Gasteiger partial charge in [0, 0.05) is 47.7 Å². The molecule has 3 aromatic rings. The van der Waals surface area contributed by atoms with Crippen LogP contribution in [-0.4, -0.2) is 39.8 Å². The van der Waals surface area contributed by atoms with Gasteiger partial charge < -0.3 is 10.6 Å². The number of piperidine rings is 1. The van der Waals surface area contributed by atoms with Crippen molar-refractivity contribution in [1.29, 1.82) is 0 Å². The number of aromatic nitrogens is 2. The highest BCUT2D eigenvalue weighted by Crippen LogP contribution is 2.25. The number of rotatable bonds is 5. The molecule has 0 saturated carbocycles. The zero-order chi connectivity index (χ0) is 20.2. The van der Waals surface area contributed by atoms with Gasteiger partial charge in [0.25, 0.3) is 0 Å². The summed E-state index contributed by atoms with van der Waals surface area (Å²) in [5.41, 5.74) is 1.73. The van der Waals surface area contributed by atoms with E-state index in [-0.39, 0.29) is 17.7 Å². The van der Waals surface area contributed by atoms with Gasteiger partial charge >= 0.3 is 0 Å². The molecular weight excluding hydrogens is 386 g/mol. The van der Waals surface area contributed by atoms with Crippen LogP contribution in [0.1, 0.15) is 24.6 Å². The van der Waals surface area contributed by atoms with Crippen molar-refractivity contribution >= 4 is 44.9 Å². The van der Waals surface area contributed by atoms with Crippen LogP contribution in [0.15, 0.2) is 42.7 Å². The summed E-state index contributed by atoms with van der Waals surface area (Å²) in [7, 11) is 0. The van der Waals surface area contributed by atoms with Crippen LogP contribution in [0.5, 0.6) is 0 Å². The Balaban J connectivity index is 1.28. The molecule has 0 radical (unpaired) electrons. The number of carbonyl (C=O) groups is 2. The number of hydrogen-bond donors (Lipinski definition) is 2. The van der Waals surface area contributed by atoms with Crippen molar-refractivity contribution < 1.29 is 9.59 Å². The van der Waals surface area contributed by atoms with Crippen molar-refractivity contribution in [3.63, 3.8) is 0 Å². The van der Waals surface area contributed by atoms with Gasteiger partial charge in [-0.25, -0.2) is 4.98 Å². The van der Waals surface area contributed by atoms with Crippen LogP contribution < -0.4 is 10.6 Å². The first kappa shape index (κ1) is 19.5. The lowest BCUT2D eigenvalue weighted by Gasteiger charge is -2.30. The fraction of sp³-hybridized carbons (Fsp3) is 0.333. The third kappa shape index (κ3) is 4.96. The Kier molecular flexibility index (Phi) is 5.82. The number of carbonyl (C=O) groups excluding carboxylic acids is 2. The molecular formula is C21H23N5O2S. The molecule has 1 aliphatic heterocycles. The predicted octanol–water partition coefficient (Wildman–Crippen LogP) is 3.50. The van der Waals surface area contributed by atoms with Crippen molar-refractivity contribution in [3.05, 3.63) is 47.6 Å². The summed E-state index contributed by atoms with van der Waals surface area (Å²) in [6, 6.07) is 9.68. The average Bonchev–Trinajstić information content (AvgIpc) is 3.14. The second-order valence-electron chi connectivity index (χ2n) is 7.26. The van der Waals surface area contributed by atoms with E-state index in [1.54, 1.807) is 6.20 Å². The van der Waals surface area contributed by atoms with E-state index in [1.165, 1.54) is 18.3 Å². The molecule has 0 aliphatic carbocycles. The van der Waals surface area contributed by atoms with Crippen LogP contribution in [0, 0.1) is 5.92 Å². The fourth-order valence-corrected chi connectivity index (χ4v) is 4.46. The second-order valence-corrected chi connectivity index (χ2v) is 8.38. The summed E-state index contributed by atoms with van der Waals surface area (Å²) >= 11 is 1.50.